The first kappa shape index (κ1) is 14.9. The SMILES string of the molecule is Cc1cccc(C)c1NC(=O)CONc1ncnc2nonc12. The second-order valence-corrected chi connectivity index (χ2v) is 4.86. The lowest BCUT2D eigenvalue weighted by Crippen LogP contribution is -2.21. The third-order valence-electron chi connectivity index (χ3n) is 3.18. The Morgan fingerprint density at radius 3 is 2.78 bits per heavy atom. The fraction of sp³-hybridized carbons (Fsp3) is 0.214. The van der Waals surface area contributed by atoms with E-state index < -0.39 is 0 Å². The molecule has 1 amide bonds. The van der Waals surface area contributed by atoms with Crippen molar-refractivity contribution in [1.29, 1.82) is 0 Å². The Bertz CT molecular complexity index is 827. The largest absolute Gasteiger partial charge is 0.324 e. The molecule has 0 aliphatic rings. The number of para-hydroxylation sites is 1. The van der Waals surface area contributed by atoms with Gasteiger partial charge in [-0.3, -0.25) is 9.63 Å². The van der Waals surface area contributed by atoms with Crippen molar-refractivity contribution in [3.8, 4) is 0 Å². The minimum atomic E-state index is -0.293. The number of nitrogens with one attached hydrogen (secondary N) is 2. The van der Waals surface area contributed by atoms with Gasteiger partial charge in [-0.15, -0.1) is 0 Å². The van der Waals surface area contributed by atoms with E-state index in [1.54, 1.807) is 0 Å². The van der Waals surface area contributed by atoms with Gasteiger partial charge in [0.25, 0.3) is 5.91 Å². The fourth-order valence-corrected chi connectivity index (χ4v) is 2.05. The first-order valence-corrected chi connectivity index (χ1v) is 6.82. The fourth-order valence-electron chi connectivity index (χ4n) is 2.05. The topological polar surface area (TPSA) is 115 Å². The van der Waals surface area contributed by atoms with Gasteiger partial charge in [0.05, 0.1) is 0 Å². The molecule has 0 saturated heterocycles. The Hall–Kier alpha value is -3.07. The molecule has 2 aromatic heterocycles. The van der Waals surface area contributed by atoms with Crippen molar-refractivity contribution in [2.45, 2.75) is 13.8 Å². The molecule has 0 aliphatic heterocycles. The van der Waals surface area contributed by atoms with Gasteiger partial charge in [0.2, 0.25) is 5.65 Å². The van der Waals surface area contributed by atoms with E-state index in [1.807, 2.05) is 32.0 Å². The van der Waals surface area contributed by atoms with Crippen molar-refractivity contribution in [2.24, 2.45) is 0 Å². The summed E-state index contributed by atoms with van der Waals surface area (Å²) >= 11 is 0. The van der Waals surface area contributed by atoms with Crippen LogP contribution < -0.4 is 10.8 Å². The summed E-state index contributed by atoms with van der Waals surface area (Å²) in [6.07, 6.45) is 1.29. The molecule has 9 heteroatoms. The molecule has 0 radical (unpaired) electrons. The number of hydrogen-bond acceptors (Lipinski definition) is 8. The minimum absolute atomic E-state index is 0.204. The standard InChI is InChI=1S/C14H14N6O3/c1-8-4-3-5-9(2)11(8)17-10(21)6-22-19-13-12-14(16-7-15-13)20-23-18-12/h3-5,7H,6H2,1-2H3,(H,17,21)(H,15,16,19,20). The predicted molar refractivity (Wildman–Crippen MR) is 81.5 cm³/mol. The van der Waals surface area contributed by atoms with Crippen LogP contribution in [-0.2, 0) is 9.63 Å². The maximum Gasteiger partial charge on any atom is 0.253 e. The third kappa shape index (κ3) is 3.24. The first-order chi connectivity index (χ1) is 11.1. The lowest BCUT2D eigenvalue weighted by Gasteiger charge is -2.11. The van der Waals surface area contributed by atoms with Crippen LogP contribution in [0, 0.1) is 13.8 Å². The summed E-state index contributed by atoms with van der Waals surface area (Å²) in [7, 11) is 0. The molecular weight excluding hydrogens is 300 g/mol. The molecular formula is C14H14N6O3. The summed E-state index contributed by atoms with van der Waals surface area (Å²) in [5, 5.41) is 10.1. The van der Waals surface area contributed by atoms with Gasteiger partial charge in [-0.1, -0.05) is 18.2 Å². The lowest BCUT2D eigenvalue weighted by molar-refractivity contribution is -0.119. The van der Waals surface area contributed by atoms with Crippen LogP contribution in [0.3, 0.4) is 0 Å². The summed E-state index contributed by atoms with van der Waals surface area (Å²) in [6.45, 7) is 3.65. The van der Waals surface area contributed by atoms with Crippen LogP contribution in [0.15, 0.2) is 29.2 Å². The van der Waals surface area contributed by atoms with Gasteiger partial charge in [-0.05, 0) is 35.3 Å². The molecule has 3 aromatic rings. The van der Waals surface area contributed by atoms with Crippen LogP contribution >= 0.6 is 0 Å². The average molecular weight is 314 g/mol. The van der Waals surface area contributed by atoms with Crippen molar-refractivity contribution in [3.63, 3.8) is 0 Å². The van der Waals surface area contributed by atoms with E-state index in [2.05, 4.69) is 35.7 Å². The molecule has 0 spiro atoms. The molecule has 118 valence electrons. The van der Waals surface area contributed by atoms with E-state index in [0.29, 0.717) is 11.2 Å². The smallest absolute Gasteiger partial charge is 0.253 e. The molecule has 0 fully saturated rings. The number of benzene rings is 1. The molecule has 0 atom stereocenters. The number of carbonyl (C=O) groups is 1. The van der Waals surface area contributed by atoms with Gasteiger partial charge in [0.15, 0.2) is 17.9 Å². The summed E-state index contributed by atoms with van der Waals surface area (Å²) < 4.78 is 4.56. The molecule has 1 aromatic carbocycles. The normalized spacial score (nSPS) is 10.7. The van der Waals surface area contributed by atoms with Crippen molar-refractivity contribution in [1.82, 2.24) is 20.3 Å². The molecule has 0 aliphatic carbocycles. The number of hydrogen-bond donors (Lipinski definition) is 2. The van der Waals surface area contributed by atoms with Gasteiger partial charge >= 0.3 is 0 Å². The van der Waals surface area contributed by atoms with Crippen LogP contribution in [0.25, 0.3) is 11.2 Å². The van der Waals surface area contributed by atoms with Crippen molar-refractivity contribution >= 4 is 28.6 Å². The second-order valence-electron chi connectivity index (χ2n) is 4.86. The Kier molecular flexibility index (Phi) is 4.11. The molecule has 0 unspecified atom stereocenters. The van der Waals surface area contributed by atoms with Crippen molar-refractivity contribution in [2.75, 3.05) is 17.4 Å². The maximum absolute atomic E-state index is 12.0. The molecule has 0 bridgehead atoms. The number of nitrogens with zero attached hydrogens (tertiary/aromatic N) is 4. The van der Waals surface area contributed by atoms with Gasteiger partial charge in [0, 0.05) is 5.69 Å². The van der Waals surface area contributed by atoms with Crippen LogP contribution in [0.1, 0.15) is 11.1 Å². The van der Waals surface area contributed by atoms with E-state index in [4.69, 9.17) is 4.84 Å². The van der Waals surface area contributed by atoms with Gasteiger partial charge in [-0.2, -0.15) is 0 Å². The molecule has 9 nitrogen and oxygen atoms in total. The number of aryl methyl sites for hydroxylation is 2. The summed E-state index contributed by atoms with van der Waals surface area (Å²) in [6, 6.07) is 5.79. The van der Waals surface area contributed by atoms with Crippen LogP contribution in [0.2, 0.25) is 0 Å². The van der Waals surface area contributed by atoms with Crippen LogP contribution in [0.4, 0.5) is 11.5 Å². The molecule has 2 heterocycles. The van der Waals surface area contributed by atoms with Gasteiger partial charge in [0.1, 0.15) is 6.33 Å². The summed E-state index contributed by atoms with van der Waals surface area (Å²) in [5.41, 5.74) is 5.92. The summed E-state index contributed by atoms with van der Waals surface area (Å²) in [4.78, 5) is 24.9. The first-order valence-electron chi connectivity index (χ1n) is 6.82. The van der Waals surface area contributed by atoms with Crippen molar-refractivity contribution < 1.29 is 14.3 Å². The zero-order chi connectivity index (χ0) is 16.2. The van der Waals surface area contributed by atoms with E-state index >= 15 is 0 Å². The minimum Gasteiger partial charge on any atom is -0.324 e. The number of amides is 1. The Morgan fingerprint density at radius 1 is 1.22 bits per heavy atom. The number of anilines is 2. The highest BCUT2D eigenvalue weighted by atomic mass is 16.6. The Balaban J connectivity index is 1.58. The molecule has 3 rings (SSSR count). The molecule has 0 saturated carbocycles. The highest BCUT2D eigenvalue weighted by Crippen LogP contribution is 2.19. The van der Waals surface area contributed by atoms with E-state index in [-0.39, 0.29) is 18.3 Å². The van der Waals surface area contributed by atoms with Crippen molar-refractivity contribution in [3.05, 3.63) is 35.7 Å². The second kappa shape index (κ2) is 6.36. The number of aromatic nitrogens is 4. The van der Waals surface area contributed by atoms with Gasteiger partial charge < -0.3 is 5.32 Å². The number of rotatable bonds is 5. The number of carbonyl (C=O) groups excluding carboxylic acids is 1. The number of fused-ring (bicyclic) bond motifs is 1. The quantitative estimate of drug-likeness (QED) is 0.682. The molecule has 2 N–H and O–H groups in total. The highest BCUT2D eigenvalue weighted by molar-refractivity contribution is 5.93. The van der Waals surface area contributed by atoms with E-state index in [0.717, 1.165) is 16.8 Å². The predicted octanol–water partition coefficient (Wildman–Crippen LogP) is 1.61. The maximum atomic E-state index is 12.0. The van der Waals surface area contributed by atoms with Gasteiger partial charge in [-0.25, -0.2) is 20.1 Å². The average Bonchev–Trinajstić information content (AvgIpc) is 3.00. The van der Waals surface area contributed by atoms with E-state index in [9.17, 15) is 4.79 Å². The van der Waals surface area contributed by atoms with Crippen LogP contribution in [-0.4, -0.2) is 32.8 Å². The zero-order valence-electron chi connectivity index (χ0n) is 12.5. The Labute approximate surface area is 131 Å². The zero-order valence-corrected chi connectivity index (χ0v) is 12.5. The monoisotopic (exact) mass is 314 g/mol. The van der Waals surface area contributed by atoms with E-state index in [1.165, 1.54) is 6.33 Å². The lowest BCUT2D eigenvalue weighted by atomic mass is 10.1. The molecule has 23 heavy (non-hydrogen) atoms. The Morgan fingerprint density at radius 2 is 2.00 bits per heavy atom. The third-order valence-corrected chi connectivity index (χ3v) is 3.18. The highest BCUT2D eigenvalue weighted by Gasteiger charge is 2.11. The summed E-state index contributed by atoms with van der Waals surface area (Å²) in [5.74, 6) is -0.0189. The van der Waals surface area contributed by atoms with Crippen LogP contribution in [0.5, 0.6) is 0 Å².